The molecule has 48 heavy (non-hydrogen) atoms. The third-order valence-electron chi connectivity index (χ3n) is 11.6. The number of carbonyl (C=O) groups excluding carboxylic acids is 2. The van der Waals surface area contributed by atoms with Crippen LogP contribution in [0.4, 0.5) is 0 Å². The molecule has 3 aromatic carbocycles. The standard InChI is InChI=1S/C39H46BrNO6Si/c1-38(2,3)48(28-15-9-5-10-16-28,29-17-11-6-12-18-29)46-24-25-21-31-35(37(44)41(36(31)43)27-13-7-4-8-14-27)32-23-34(47-39(25,32)45)30-22-26(40)19-20-33(30)42/h5-6,9-12,15-20,22,25,27,31-32,34-35,42,45H,4,7-8,13-14,21,23-24H2,1-3H3/t25-,31+,32+,34+,35+,39-/m1/s1. The zero-order valence-corrected chi connectivity index (χ0v) is 30.6. The molecule has 2 heterocycles. The molecule has 0 spiro atoms. The maximum Gasteiger partial charge on any atom is 0.261 e. The Morgan fingerprint density at radius 1 is 0.917 bits per heavy atom. The predicted octanol–water partition coefficient (Wildman–Crippen LogP) is 6.45. The van der Waals surface area contributed by atoms with Crippen LogP contribution < -0.4 is 10.4 Å². The third-order valence-corrected chi connectivity index (χ3v) is 17.1. The van der Waals surface area contributed by atoms with Gasteiger partial charge in [0.1, 0.15) is 5.75 Å². The molecule has 7 nitrogen and oxygen atoms in total. The molecule has 6 atom stereocenters. The first kappa shape index (κ1) is 33.7. The lowest BCUT2D eigenvalue weighted by molar-refractivity contribution is -0.273. The fraction of sp³-hybridized carbons (Fsp3) is 0.487. The highest BCUT2D eigenvalue weighted by atomic mass is 79.9. The molecule has 0 aromatic heterocycles. The molecule has 254 valence electrons. The minimum atomic E-state index is -2.99. The number of ether oxygens (including phenoxy) is 1. The Bertz CT molecular complexity index is 1620. The van der Waals surface area contributed by atoms with Crippen molar-refractivity contribution < 1.29 is 29.0 Å². The number of aliphatic hydroxyl groups is 1. The van der Waals surface area contributed by atoms with Crippen LogP contribution in [0.5, 0.6) is 5.75 Å². The average molecular weight is 733 g/mol. The molecule has 2 aliphatic carbocycles. The van der Waals surface area contributed by atoms with Crippen molar-refractivity contribution in [1.29, 1.82) is 0 Å². The van der Waals surface area contributed by atoms with Crippen LogP contribution in [0.1, 0.15) is 77.4 Å². The fourth-order valence-corrected chi connectivity index (χ4v) is 14.3. The van der Waals surface area contributed by atoms with Gasteiger partial charge in [0, 0.05) is 34.5 Å². The molecule has 2 saturated carbocycles. The minimum Gasteiger partial charge on any atom is -0.508 e. The summed E-state index contributed by atoms with van der Waals surface area (Å²) in [5, 5.41) is 25.6. The smallest absolute Gasteiger partial charge is 0.261 e. The second-order valence-electron chi connectivity index (χ2n) is 15.3. The van der Waals surface area contributed by atoms with Crippen LogP contribution in [0.15, 0.2) is 83.3 Å². The Kier molecular flexibility index (Phi) is 8.98. The molecule has 0 bridgehead atoms. The number of phenols is 1. The molecule has 0 radical (unpaired) electrons. The summed E-state index contributed by atoms with van der Waals surface area (Å²) in [6.07, 6.45) is 4.75. The van der Waals surface area contributed by atoms with E-state index in [4.69, 9.17) is 9.16 Å². The first-order chi connectivity index (χ1) is 23.0. The maximum absolute atomic E-state index is 14.3. The van der Waals surface area contributed by atoms with Crippen molar-refractivity contribution in [2.24, 2.45) is 23.7 Å². The van der Waals surface area contributed by atoms with E-state index in [-0.39, 0.29) is 35.3 Å². The fourth-order valence-electron chi connectivity index (χ4n) is 9.36. The second-order valence-corrected chi connectivity index (χ2v) is 20.5. The number of rotatable bonds is 7. The summed E-state index contributed by atoms with van der Waals surface area (Å²) in [7, 11) is -2.99. The summed E-state index contributed by atoms with van der Waals surface area (Å²) in [6.45, 7) is 6.80. The highest BCUT2D eigenvalue weighted by molar-refractivity contribution is 9.10. The molecule has 7 rings (SSSR count). The number of carbonyl (C=O) groups is 2. The van der Waals surface area contributed by atoms with Gasteiger partial charge in [-0.2, -0.15) is 0 Å². The normalized spacial score (nSPS) is 29.6. The minimum absolute atomic E-state index is 0.0692. The van der Waals surface area contributed by atoms with Gasteiger partial charge >= 0.3 is 0 Å². The van der Waals surface area contributed by atoms with Crippen LogP contribution in [0.25, 0.3) is 0 Å². The van der Waals surface area contributed by atoms with E-state index in [9.17, 15) is 19.8 Å². The van der Waals surface area contributed by atoms with E-state index in [1.54, 1.807) is 17.0 Å². The molecule has 3 aromatic rings. The highest BCUT2D eigenvalue weighted by Crippen LogP contribution is 2.59. The first-order valence-electron chi connectivity index (χ1n) is 17.5. The lowest BCUT2D eigenvalue weighted by atomic mass is 9.64. The molecule has 4 aliphatic rings. The Balaban J connectivity index is 1.29. The van der Waals surface area contributed by atoms with Gasteiger partial charge in [-0.05, 0) is 59.3 Å². The van der Waals surface area contributed by atoms with Gasteiger partial charge in [-0.3, -0.25) is 14.5 Å². The van der Waals surface area contributed by atoms with E-state index in [1.165, 1.54) is 0 Å². The van der Waals surface area contributed by atoms with Gasteiger partial charge in [-0.1, -0.05) is 117 Å². The quantitative estimate of drug-likeness (QED) is 0.214. The number of phenolic OH excluding ortho intramolecular Hbond substituents is 1. The van der Waals surface area contributed by atoms with E-state index >= 15 is 0 Å². The monoisotopic (exact) mass is 731 g/mol. The molecule has 0 unspecified atom stereocenters. The van der Waals surface area contributed by atoms with Crippen molar-refractivity contribution in [3.63, 3.8) is 0 Å². The summed E-state index contributed by atoms with van der Waals surface area (Å²) in [4.78, 5) is 30.1. The van der Waals surface area contributed by atoms with Gasteiger partial charge in [0.05, 0.1) is 17.9 Å². The Labute approximate surface area is 292 Å². The van der Waals surface area contributed by atoms with Gasteiger partial charge in [0.2, 0.25) is 11.8 Å². The van der Waals surface area contributed by atoms with Crippen LogP contribution in [-0.4, -0.2) is 53.7 Å². The number of nitrogens with zero attached hydrogens (tertiary/aromatic N) is 1. The number of amides is 2. The van der Waals surface area contributed by atoms with Crippen molar-refractivity contribution in [2.45, 2.75) is 88.7 Å². The van der Waals surface area contributed by atoms with E-state index in [0.717, 1.165) is 47.0 Å². The zero-order valence-electron chi connectivity index (χ0n) is 28.0. The zero-order chi connectivity index (χ0) is 33.8. The molecular weight excluding hydrogens is 686 g/mol. The molecular formula is C39H46BrNO6Si. The van der Waals surface area contributed by atoms with Crippen molar-refractivity contribution in [2.75, 3.05) is 6.61 Å². The van der Waals surface area contributed by atoms with Crippen LogP contribution in [0, 0.1) is 23.7 Å². The van der Waals surface area contributed by atoms with Gasteiger partial charge in [0.15, 0.2) is 5.79 Å². The Morgan fingerprint density at radius 3 is 2.15 bits per heavy atom. The summed E-state index contributed by atoms with van der Waals surface area (Å²) >= 11 is 3.52. The lowest BCUT2D eigenvalue weighted by Gasteiger charge is -2.48. The molecule has 2 N–H and O–H groups in total. The molecule has 2 saturated heterocycles. The largest absolute Gasteiger partial charge is 0.508 e. The molecule has 9 heteroatoms. The molecule has 2 aliphatic heterocycles. The number of benzene rings is 3. The summed E-state index contributed by atoms with van der Waals surface area (Å²) in [6, 6.07) is 25.8. The van der Waals surface area contributed by atoms with E-state index in [2.05, 4.69) is 61.0 Å². The van der Waals surface area contributed by atoms with Crippen LogP contribution in [0.2, 0.25) is 5.04 Å². The average Bonchev–Trinajstić information content (AvgIpc) is 3.56. The van der Waals surface area contributed by atoms with Gasteiger partial charge in [-0.15, -0.1) is 0 Å². The number of halogens is 1. The van der Waals surface area contributed by atoms with Gasteiger partial charge in [0.25, 0.3) is 8.32 Å². The van der Waals surface area contributed by atoms with Crippen molar-refractivity contribution in [3.8, 4) is 5.75 Å². The Morgan fingerprint density at radius 2 is 1.54 bits per heavy atom. The van der Waals surface area contributed by atoms with Crippen molar-refractivity contribution in [3.05, 3.63) is 88.9 Å². The predicted molar refractivity (Wildman–Crippen MR) is 190 cm³/mol. The van der Waals surface area contributed by atoms with Crippen LogP contribution in [-0.2, 0) is 18.8 Å². The third kappa shape index (κ3) is 5.50. The second kappa shape index (κ2) is 12.8. The van der Waals surface area contributed by atoms with Crippen molar-refractivity contribution in [1.82, 2.24) is 4.90 Å². The number of likely N-dealkylation sites (tertiary alicyclic amines) is 1. The number of hydrogen-bond donors (Lipinski definition) is 2. The number of aromatic hydroxyl groups is 1. The number of fused-ring (bicyclic) bond motifs is 3. The Hall–Kier alpha value is -2.82. The summed E-state index contributed by atoms with van der Waals surface area (Å²) < 4.78 is 14.8. The SMILES string of the molecule is CC(C)(C)[Si](OC[C@H]1C[C@@H]2C(=O)N(C3CCCCC3)C(=O)[C@@H]2[C@@H]2C[C@@H](c3cc(Br)ccc3O)O[C@]12O)(c1ccccc1)c1ccccc1. The van der Waals surface area contributed by atoms with Gasteiger partial charge < -0.3 is 19.4 Å². The maximum atomic E-state index is 14.3. The van der Waals surface area contributed by atoms with Gasteiger partial charge in [-0.25, -0.2) is 0 Å². The first-order valence-corrected chi connectivity index (χ1v) is 20.2. The van der Waals surface area contributed by atoms with E-state index in [1.807, 2.05) is 42.5 Å². The van der Waals surface area contributed by atoms with Crippen LogP contribution in [0.3, 0.4) is 0 Å². The van der Waals surface area contributed by atoms with E-state index in [0.29, 0.717) is 18.4 Å². The van der Waals surface area contributed by atoms with Crippen LogP contribution >= 0.6 is 15.9 Å². The van der Waals surface area contributed by atoms with Crippen molar-refractivity contribution >= 4 is 46.4 Å². The highest BCUT2D eigenvalue weighted by Gasteiger charge is 2.68. The molecule has 2 amide bonds. The lowest BCUT2D eigenvalue weighted by Crippen LogP contribution is -2.67. The topological polar surface area (TPSA) is 96.3 Å². The number of hydrogen-bond acceptors (Lipinski definition) is 6. The number of imide groups is 1. The summed E-state index contributed by atoms with van der Waals surface area (Å²) in [5.41, 5.74) is 0.552. The molecule has 4 fully saturated rings. The van der Waals surface area contributed by atoms with E-state index < -0.39 is 43.9 Å². The summed E-state index contributed by atoms with van der Waals surface area (Å²) in [5.74, 6) is -4.36.